The molecule has 0 saturated carbocycles. The SMILES string of the molecule is CCOc1ccc([C@H](c2c(O)cc(C)n(CCOC)c2=O)N2CCN(c3ccccn3)CC2)cc1. The first kappa shape index (κ1) is 24.8. The van der Waals surface area contributed by atoms with Crippen molar-refractivity contribution >= 4 is 5.82 Å². The van der Waals surface area contributed by atoms with Crippen LogP contribution >= 0.6 is 0 Å². The van der Waals surface area contributed by atoms with Crippen LogP contribution in [-0.4, -0.2) is 66.1 Å². The summed E-state index contributed by atoms with van der Waals surface area (Å²) in [5.41, 5.74) is 1.85. The molecule has 0 amide bonds. The number of piperazine rings is 1. The topological polar surface area (TPSA) is 80.1 Å². The monoisotopic (exact) mass is 478 g/mol. The number of rotatable bonds is 9. The van der Waals surface area contributed by atoms with Crippen LogP contribution in [0.1, 0.15) is 29.8 Å². The molecule has 1 aliphatic heterocycles. The van der Waals surface area contributed by atoms with E-state index in [1.807, 2.05) is 56.3 Å². The van der Waals surface area contributed by atoms with E-state index in [2.05, 4.69) is 14.8 Å². The molecule has 1 N–H and O–H groups in total. The standard InChI is InChI=1S/C27H34N4O4/c1-4-35-22-10-8-21(9-11-22)26(25-23(32)19-20(2)31(27(25)33)17-18-34-3)30-15-13-29(14-16-30)24-7-5-6-12-28-24/h5-12,19,26,32H,4,13-18H2,1-3H3/t26-/m1/s1. The van der Waals surface area contributed by atoms with Gasteiger partial charge in [-0.25, -0.2) is 4.98 Å². The fraction of sp³-hybridized carbons (Fsp3) is 0.407. The molecule has 2 aromatic heterocycles. The van der Waals surface area contributed by atoms with E-state index in [-0.39, 0.29) is 11.3 Å². The molecule has 1 fully saturated rings. The second kappa shape index (κ2) is 11.4. The maximum Gasteiger partial charge on any atom is 0.259 e. The minimum absolute atomic E-state index is 0.0206. The number of aromatic nitrogens is 2. The Balaban J connectivity index is 1.71. The van der Waals surface area contributed by atoms with Crippen molar-refractivity contribution in [3.05, 3.63) is 81.9 Å². The molecule has 1 atom stereocenters. The highest BCUT2D eigenvalue weighted by Gasteiger charge is 2.31. The average molecular weight is 479 g/mol. The van der Waals surface area contributed by atoms with Gasteiger partial charge in [-0.3, -0.25) is 9.69 Å². The van der Waals surface area contributed by atoms with Crippen molar-refractivity contribution in [1.29, 1.82) is 0 Å². The lowest BCUT2D eigenvalue weighted by molar-refractivity contribution is 0.183. The minimum Gasteiger partial charge on any atom is -0.507 e. The third-order valence-electron chi connectivity index (χ3n) is 6.47. The number of ether oxygens (including phenoxy) is 2. The zero-order valence-electron chi connectivity index (χ0n) is 20.7. The van der Waals surface area contributed by atoms with Gasteiger partial charge in [0.2, 0.25) is 0 Å². The van der Waals surface area contributed by atoms with Gasteiger partial charge in [0.1, 0.15) is 17.3 Å². The molecule has 0 unspecified atom stereocenters. The highest BCUT2D eigenvalue weighted by atomic mass is 16.5. The number of benzene rings is 1. The lowest BCUT2D eigenvalue weighted by Crippen LogP contribution is -2.49. The molecule has 1 aliphatic rings. The van der Waals surface area contributed by atoms with Gasteiger partial charge in [-0.05, 0) is 49.7 Å². The van der Waals surface area contributed by atoms with E-state index in [9.17, 15) is 9.90 Å². The zero-order valence-corrected chi connectivity index (χ0v) is 20.7. The van der Waals surface area contributed by atoms with Gasteiger partial charge in [-0.2, -0.15) is 0 Å². The van der Waals surface area contributed by atoms with E-state index < -0.39 is 6.04 Å². The van der Waals surface area contributed by atoms with Crippen LogP contribution in [0.4, 0.5) is 5.82 Å². The second-order valence-electron chi connectivity index (χ2n) is 8.65. The van der Waals surface area contributed by atoms with E-state index in [0.29, 0.717) is 31.0 Å². The van der Waals surface area contributed by atoms with E-state index in [1.54, 1.807) is 23.9 Å². The van der Waals surface area contributed by atoms with Gasteiger partial charge in [-0.1, -0.05) is 18.2 Å². The summed E-state index contributed by atoms with van der Waals surface area (Å²) in [4.78, 5) is 22.7. The Bertz CT molecular complexity index is 1160. The molecule has 3 heterocycles. The third-order valence-corrected chi connectivity index (χ3v) is 6.47. The Morgan fingerprint density at radius 3 is 2.46 bits per heavy atom. The first-order valence-electron chi connectivity index (χ1n) is 12.1. The van der Waals surface area contributed by atoms with Crippen molar-refractivity contribution in [2.24, 2.45) is 0 Å². The molecule has 0 aliphatic carbocycles. The van der Waals surface area contributed by atoms with Crippen LogP contribution in [0, 0.1) is 6.92 Å². The van der Waals surface area contributed by atoms with E-state index in [4.69, 9.17) is 9.47 Å². The van der Waals surface area contributed by atoms with Crippen molar-refractivity contribution in [3.63, 3.8) is 0 Å². The number of aromatic hydroxyl groups is 1. The van der Waals surface area contributed by atoms with E-state index in [1.165, 1.54) is 0 Å². The number of nitrogens with zero attached hydrogens (tertiary/aromatic N) is 4. The summed E-state index contributed by atoms with van der Waals surface area (Å²) < 4.78 is 12.5. The van der Waals surface area contributed by atoms with Crippen molar-refractivity contribution in [2.45, 2.75) is 26.4 Å². The van der Waals surface area contributed by atoms with Crippen LogP contribution in [0.25, 0.3) is 0 Å². The van der Waals surface area contributed by atoms with Gasteiger partial charge >= 0.3 is 0 Å². The molecule has 0 bridgehead atoms. The number of aryl methyl sites for hydroxylation is 1. The molecule has 8 nitrogen and oxygen atoms in total. The molecule has 1 aromatic carbocycles. The number of hydrogen-bond acceptors (Lipinski definition) is 7. The van der Waals surface area contributed by atoms with Crippen molar-refractivity contribution in [3.8, 4) is 11.5 Å². The molecule has 4 rings (SSSR count). The highest BCUT2D eigenvalue weighted by molar-refractivity contribution is 5.43. The van der Waals surface area contributed by atoms with Crippen LogP contribution in [0.15, 0.2) is 59.5 Å². The fourth-order valence-electron chi connectivity index (χ4n) is 4.71. The Morgan fingerprint density at radius 2 is 1.83 bits per heavy atom. The molecule has 8 heteroatoms. The molecule has 3 aromatic rings. The first-order valence-corrected chi connectivity index (χ1v) is 12.1. The normalized spacial score (nSPS) is 15.2. The average Bonchev–Trinajstić information content (AvgIpc) is 2.88. The van der Waals surface area contributed by atoms with Crippen LogP contribution in [0.3, 0.4) is 0 Å². The predicted molar refractivity (Wildman–Crippen MR) is 136 cm³/mol. The summed E-state index contributed by atoms with van der Waals surface area (Å²) in [6, 6.07) is 15.0. The third kappa shape index (κ3) is 5.49. The number of pyridine rings is 2. The van der Waals surface area contributed by atoms with Crippen molar-refractivity contribution in [2.75, 3.05) is 51.4 Å². The molecule has 186 valence electrons. The Kier molecular flexibility index (Phi) is 8.05. The Morgan fingerprint density at radius 1 is 1.09 bits per heavy atom. The smallest absolute Gasteiger partial charge is 0.259 e. The summed E-state index contributed by atoms with van der Waals surface area (Å²) in [6.45, 7) is 8.20. The highest BCUT2D eigenvalue weighted by Crippen LogP contribution is 2.34. The summed E-state index contributed by atoms with van der Waals surface area (Å²) in [7, 11) is 1.62. The largest absolute Gasteiger partial charge is 0.507 e. The predicted octanol–water partition coefficient (Wildman–Crippen LogP) is 3.21. The number of anilines is 1. The number of methoxy groups -OCH3 is 1. The molecular formula is C27H34N4O4. The first-order chi connectivity index (χ1) is 17.0. The van der Waals surface area contributed by atoms with Crippen LogP contribution in [0.2, 0.25) is 0 Å². The van der Waals surface area contributed by atoms with E-state index in [0.717, 1.165) is 43.3 Å². The van der Waals surface area contributed by atoms with Gasteiger partial charge in [-0.15, -0.1) is 0 Å². The van der Waals surface area contributed by atoms with Crippen LogP contribution < -0.4 is 15.2 Å². The van der Waals surface area contributed by atoms with Crippen LogP contribution in [-0.2, 0) is 11.3 Å². The van der Waals surface area contributed by atoms with Crippen LogP contribution in [0.5, 0.6) is 11.5 Å². The van der Waals surface area contributed by atoms with Gasteiger partial charge in [0.15, 0.2) is 0 Å². The van der Waals surface area contributed by atoms with E-state index >= 15 is 0 Å². The van der Waals surface area contributed by atoms with Gasteiger partial charge < -0.3 is 24.0 Å². The molecule has 1 saturated heterocycles. The van der Waals surface area contributed by atoms with Gasteiger partial charge in [0.25, 0.3) is 5.56 Å². The Hall–Kier alpha value is -3.36. The molecule has 0 radical (unpaired) electrons. The summed E-state index contributed by atoms with van der Waals surface area (Å²) in [6.07, 6.45) is 1.80. The van der Waals surface area contributed by atoms with Gasteiger partial charge in [0.05, 0.1) is 24.8 Å². The lowest BCUT2D eigenvalue weighted by Gasteiger charge is -2.40. The maximum atomic E-state index is 13.7. The zero-order chi connectivity index (χ0) is 24.8. The molecule has 35 heavy (non-hydrogen) atoms. The fourth-order valence-corrected chi connectivity index (χ4v) is 4.71. The second-order valence-corrected chi connectivity index (χ2v) is 8.65. The summed E-state index contributed by atoms with van der Waals surface area (Å²) in [5, 5.41) is 11.0. The number of hydrogen-bond donors (Lipinski definition) is 1. The summed E-state index contributed by atoms with van der Waals surface area (Å²) in [5.74, 6) is 1.75. The molecular weight excluding hydrogens is 444 g/mol. The maximum absolute atomic E-state index is 13.7. The quantitative estimate of drug-likeness (QED) is 0.506. The van der Waals surface area contributed by atoms with Crippen molar-refractivity contribution < 1.29 is 14.6 Å². The molecule has 0 spiro atoms. The van der Waals surface area contributed by atoms with Gasteiger partial charge in [0, 0.05) is 51.7 Å². The minimum atomic E-state index is -0.390. The Labute approximate surface area is 206 Å². The lowest BCUT2D eigenvalue weighted by atomic mass is 9.95. The summed E-state index contributed by atoms with van der Waals surface area (Å²) >= 11 is 0. The van der Waals surface area contributed by atoms with Crippen molar-refractivity contribution in [1.82, 2.24) is 14.5 Å².